The second-order valence-corrected chi connectivity index (χ2v) is 10.2. The van der Waals surface area contributed by atoms with Gasteiger partial charge < -0.3 is 14.5 Å². The van der Waals surface area contributed by atoms with Gasteiger partial charge in [0.25, 0.3) is 5.91 Å². The third kappa shape index (κ3) is 5.45. The number of amides is 2. The zero-order valence-electron chi connectivity index (χ0n) is 16.6. The second kappa shape index (κ2) is 7.88. The molecular formula is C19H28N2O5S. The van der Waals surface area contributed by atoms with Crippen LogP contribution in [0.3, 0.4) is 0 Å². The quantitative estimate of drug-likeness (QED) is 0.757. The summed E-state index contributed by atoms with van der Waals surface area (Å²) in [6.07, 6.45) is 0.466. The normalized spacial score (nSPS) is 18.8. The number of carbonyl (C=O) groups is 2. The molecular weight excluding hydrogens is 368 g/mol. The summed E-state index contributed by atoms with van der Waals surface area (Å²) in [6.45, 7) is 5.42. The maximum Gasteiger partial charge on any atom is 0.260 e. The molecule has 27 heavy (non-hydrogen) atoms. The van der Waals surface area contributed by atoms with Crippen LogP contribution in [0.2, 0.25) is 0 Å². The van der Waals surface area contributed by atoms with E-state index >= 15 is 0 Å². The number of hydrogen-bond donors (Lipinski definition) is 0. The molecule has 2 rings (SSSR count). The highest BCUT2D eigenvalue weighted by atomic mass is 32.2. The SMILES string of the molecule is CN(C(=O)C(C)(C)C)c1ccc(OCC(=O)N(C)C2CCS(=O)(=O)C2)cc1. The van der Waals surface area contributed by atoms with E-state index in [1.807, 2.05) is 20.8 Å². The van der Waals surface area contributed by atoms with Gasteiger partial charge in [-0.05, 0) is 30.7 Å². The van der Waals surface area contributed by atoms with Crippen molar-refractivity contribution in [3.8, 4) is 5.75 Å². The van der Waals surface area contributed by atoms with E-state index in [2.05, 4.69) is 0 Å². The van der Waals surface area contributed by atoms with E-state index in [1.54, 1.807) is 43.3 Å². The van der Waals surface area contributed by atoms with E-state index in [-0.39, 0.29) is 36.0 Å². The molecule has 1 fully saturated rings. The molecule has 0 N–H and O–H groups in total. The topological polar surface area (TPSA) is 84.0 Å². The van der Waals surface area contributed by atoms with E-state index in [9.17, 15) is 18.0 Å². The summed E-state index contributed by atoms with van der Waals surface area (Å²) >= 11 is 0. The number of rotatable bonds is 5. The Morgan fingerprint density at radius 3 is 2.22 bits per heavy atom. The van der Waals surface area contributed by atoms with Crippen molar-refractivity contribution in [3.05, 3.63) is 24.3 Å². The van der Waals surface area contributed by atoms with Crippen molar-refractivity contribution in [3.63, 3.8) is 0 Å². The zero-order chi connectivity index (χ0) is 20.4. The highest BCUT2D eigenvalue weighted by molar-refractivity contribution is 7.91. The molecule has 0 aliphatic carbocycles. The molecule has 1 heterocycles. The summed E-state index contributed by atoms with van der Waals surface area (Å²) in [5.74, 6) is 0.382. The van der Waals surface area contributed by atoms with Crippen molar-refractivity contribution in [2.24, 2.45) is 5.41 Å². The van der Waals surface area contributed by atoms with E-state index in [4.69, 9.17) is 4.74 Å². The van der Waals surface area contributed by atoms with Crippen LogP contribution in [-0.4, -0.2) is 63.4 Å². The van der Waals surface area contributed by atoms with Gasteiger partial charge in [0, 0.05) is 31.2 Å². The Morgan fingerprint density at radius 1 is 1.15 bits per heavy atom. The standard InChI is InChI=1S/C19H28N2O5S/c1-19(2,3)18(23)21(5)14-6-8-16(9-7-14)26-12-17(22)20(4)15-10-11-27(24,25)13-15/h6-9,15H,10-13H2,1-5H3. The molecule has 1 aliphatic rings. The summed E-state index contributed by atoms with van der Waals surface area (Å²) in [4.78, 5) is 27.6. The van der Waals surface area contributed by atoms with Crippen LogP contribution in [0, 0.1) is 5.41 Å². The first-order valence-electron chi connectivity index (χ1n) is 8.88. The predicted molar refractivity (Wildman–Crippen MR) is 105 cm³/mol. The number of likely N-dealkylation sites (N-methyl/N-ethyl adjacent to an activating group) is 1. The van der Waals surface area contributed by atoms with Crippen LogP contribution >= 0.6 is 0 Å². The molecule has 0 radical (unpaired) electrons. The Balaban J connectivity index is 1.91. The minimum atomic E-state index is -3.04. The lowest BCUT2D eigenvalue weighted by Gasteiger charge is -2.26. The lowest BCUT2D eigenvalue weighted by molar-refractivity contribution is -0.133. The van der Waals surface area contributed by atoms with Crippen molar-refractivity contribution in [2.75, 3.05) is 37.1 Å². The highest BCUT2D eigenvalue weighted by Gasteiger charge is 2.32. The number of anilines is 1. The van der Waals surface area contributed by atoms with Gasteiger partial charge in [-0.1, -0.05) is 20.8 Å². The monoisotopic (exact) mass is 396 g/mol. The third-order valence-corrected chi connectivity index (χ3v) is 6.43. The molecule has 7 nitrogen and oxygen atoms in total. The summed E-state index contributed by atoms with van der Waals surface area (Å²) < 4.78 is 28.6. The molecule has 0 aromatic heterocycles. The van der Waals surface area contributed by atoms with E-state index in [0.717, 1.165) is 5.69 Å². The fourth-order valence-electron chi connectivity index (χ4n) is 2.92. The van der Waals surface area contributed by atoms with Crippen LogP contribution in [0.5, 0.6) is 5.75 Å². The molecule has 8 heteroatoms. The average molecular weight is 397 g/mol. The van der Waals surface area contributed by atoms with Gasteiger partial charge in [-0.3, -0.25) is 9.59 Å². The van der Waals surface area contributed by atoms with Gasteiger partial charge >= 0.3 is 0 Å². The van der Waals surface area contributed by atoms with Crippen LogP contribution in [-0.2, 0) is 19.4 Å². The molecule has 0 saturated carbocycles. The van der Waals surface area contributed by atoms with Gasteiger partial charge in [0.05, 0.1) is 11.5 Å². The minimum Gasteiger partial charge on any atom is -0.484 e. The van der Waals surface area contributed by atoms with Crippen molar-refractivity contribution in [2.45, 2.75) is 33.2 Å². The predicted octanol–water partition coefficient (Wildman–Crippen LogP) is 1.72. The molecule has 1 aromatic rings. The largest absolute Gasteiger partial charge is 0.484 e. The fraction of sp³-hybridized carbons (Fsp3) is 0.579. The Morgan fingerprint density at radius 2 is 1.74 bits per heavy atom. The van der Waals surface area contributed by atoms with Gasteiger partial charge in [0.2, 0.25) is 5.91 Å². The number of benzene rings is 1. The first-order chi connectivity index (χ1) is 12.4. The summed E-state index contributed by atoms with van der Waals surface area (Å²) in [5.41, 5.74) is 0.260. The number of ether oxygens (including phenoxy) is 1. The van der Waals surface area contributed by atoms with Crippen molar-refractivity contribution < 1.29 is 22.7 Å². The van der Waals surface area contributed by atoms with Crippen LogP contribution in [0.15, 0.2) is 24.3 Å². The molecule has 1 atom stereocenters. The van der Waals surface area contributed by atoms with Crippen LogP contribution in [0.4, 0.5) is 5.69 Å². The van der Waals surface area contributed by atoms with Crippen molar-refractivity contribution >= 4 is 27.3 Å². The molecule has 1 unspecified atom stereocenters. The first kappa shape index (κ1) is 21.2. The number of hydrogen-bond acceptors (Lipinski definition) is 5. The molecule has 0 bridgehead atoms. The van der Waals surface area contributed by atoms with Crippen LogP contribution in [0.1, 0.15) is 27.2 Å². The first-order valence-corrected chi connectivity index (χ1v) is 10.7. The van der Waals surface area contributed by atoms with Crippen LogP contribution < -0.4 is 9.64 Å². The summed E-state index contributed by atoms with van der Waals surface area (Å²) in [5, 5.41) is 0. The maximum atomic E-state index is 12.3. The van der Waals surface area contributed by atoms with Gasteiger partial charge in [0.15, 0.2) is 16.4 Å². The van der Waals surface area contributed by atoms with E-state index in [0.29, 0.717) is 12.2 Å². The Bertz CT molecular complexity index is 796. The van der Waals surface area contributed by atoms with Gasteiger partial charge in [-0.15, -0.1) is 0 Å². The molecule has 2 amide bonds. The smallest absolute Gasteiger partial charge is 0.260 e. The summed E-state index contributed by atoms with van der Waals surface area (Å²) in [6, 6.07) is 6.64. The van der Waals surface area contributed by atoms with Gasteiger partial charge in [-0.25, -0.2) is 8.42 Å². The highest BCUT2D eigenvalue weighted by Crippen LogP contribution is 2.24. The molecule has 1 saturated heterocycles. The Hall–Kier alpha value is -2.09. The second-order valence-electron chi connectivity index (χ2n) is 7.96. The van der Waals surface area contributed by atoms with Gasteiger partial charge in [-0.2, -0.15) is 0 Å². The number of carbonyl (C=O) groups excluding carboxylic acids is 2. The fourth-order valence-corrected chi connectivity index (χ4v) is 4.69. The lowest BCUT2D eigenvalue weighted by atomic mass is 9.95. The Labute approximate surface area is 161 Å². The van der Waals surface area contributed by atoms with E-state index < -0.39 is 15.3 Å². The molecule has 1 aliphatic heterocycles. The lowest BCUT2D eigenvalue weighted by Crippen LogP contribution is -2.40. The van der Waals surface area contributed by atoms with E-state index in [1.165, 1.54) is 4.90 Å². The minimum absolute atomic E-state index is 0.000475. The number of nitrogens with zero attached hydrogens (tertiary/aromatic N) is 2. The van der Waals surface area contributed by atoms with Gasteiger partial charge in [0.1, 0.15) is 5.75 Å². The zero-order valence-corrected chi connectivity index (χ0v) is 17.4. The average Bonchev–Trinajstić information content (AvgIpc) is 2.97. The van der Waals surface area contributed by atoms with Crippen LogP contribution in [0.25, 0.3) is 0 Å². The molecule has 1 aromatic carbocycles. The number of sulfone groups is 1. The molecule has 150 valence electrons. The summed E-state index contributed by atoms with van der Waals surface area (Å²) in [7, 11) is 0.286. The Kier molecular flexibility index (Phi) is 6.19. The molecule has 0 spiro atoms. The third-order valence-electron chi connectivity index (χ3n) is 4.68. The van der Waals surface area contributed by atoms with Crippen molar-refractivity contribution in [1.29, 1.82) is 0 Å². The maximum absolute atomic E-state index is 12.3. The van der Waals surface area contributed by atoms with Crippen molar-refractivity contribution in [1.82, 2.24) is 4.90 Å².